The molecular formula is C10H13BrOS. The molecule has 2 rings (SSSR count). The third-order valence-corrected chi connectivity index (χ3v) is 4.61. The van der Waals surface area contributed by atoms with Crippen LogP contribution in [-0.2, 0) is 5.60 Å². The number of hydrogen-bond donors (Lipinski definition) is 1. The first-order chi connectivity index (χ1) is 5.93. The first-order valence-electron chi connectivity index (χ1n) is 4.39. The van der Waals surface area contributed by atoms with E-state index in [0.29, 0.717) is 5.41 Å². The maximum atomic E-state index is 10.3. The maximum absolute atomic E-state index is 10.3. The van der Waals surface area contributed by atoms with E-state index in [2.05, 4.69) is 29.8 Å². The average Bonchev–Trinajstić information content (AvgIpc) is 2.30. The lowest BCUT2D eigenvalue weighted by Crippen LogP contribution is -2.46. The summed E-state index contributed by atoms with van der Waals surface area (Å²) in [6.07, 6.45) is 1.75. The molecule has 1 aromatic heterocycles. The van der Waals surface area contributed by atoms with E-state index in [9.17, 15) is 5.11 Å². The fraction of sp³-hybridized carbons (Fsp3) is 0.600. The fourth-order valence-electron chi connectivity index (χ4n) is 2.32. The van der Waals surface area contributed by atoms with E-state index in [0.717, 1.165) is 22.2 Å². The van der Waals surface area contributed by atoms with Crippen molar-refractivity contribution in [3.05, 3.63) is 20.8 Å². The summed E-state index contributed by atoms with van der Waals surface area (Å²) in [5, 5.41) is 12.3. The molecule has 1 heterocycles. The van der Waals surface area contributed by atoms with Crippen molar-refractivity contribution in [2.45, 2.75) is 32.3 Å². The Hall–Kier alpha value is 0.140. The van der Waals surface area contributed by atoms with Crippen LogP contribution in [0.1, 0.15) is 31.6 Å². The summed E-state index contributed by atoms with van der Waals surface area (Å²) in [5.41, 5.74) is -0.255. The van der Waals surface area contributed by atoms with Crippen LogP contribution in [0.25, 0.3) is 0 Å². The zero-order valence-corrected chi connectivity index (χ0v) is 10.2. The second-order valence-electron chi connectivity index (χ2n) is 4.65. The second-order valence-corrected chi connectivity index (χ2v) is 6.42. The molecule has 13 heavy (non-hydrogen) atoms. The van der Waals surface area contributed by atoms with Gasteiger partial charge >= 0.3 is 0 Å². The summed E-state index contributed by atoms with van der Waals surface area (Å²) in [5.74, 6) is 0. The van der Waals surface area contributed by atoms with Crippen molar-refractivity contribution in [3.63, 3.8) is 0 Å². The zero-order chi connectivity index (χ0) is 9.69. The average molecular weight is 261 g/mol. The second kappa shape index (κ2) is 2.81. The van der Waals surface area contributed by atoms with Gasteiger partial charge in [-0.15, -0.1) is 11.3 Å². The van der Waals surface area contributed by atoms with Gasteiger partial charge < -0.3 is 5.11 Å². The SMILES string of the molecule is CC1(C)CC(O)(c2sccc2Br)C1. The molecule has 0 bridgehead atoms. The van der Waals surface area contributed by atoms with Gasteiger partial charge in [-0.25, -0.2) is 0 Å². The molecule has 1 aliphatic rings. The first kappa shape index (κ1) is 9.69. The van der Waals surface area contributed by atoms with E-state index in [1.807, 2.05) is 11.4 Å². The fourth-order valence-corrected chi connectivity index (χ4v) is 4.16. The smallest absolute Gasteiger partial charge is 0.101 e. The molecule has 0 saturated heterocycles. The highest BCUT2D eigenvalue weighted by molar-refractivity contribution is 9.10. The summed E-state index contributed by atoms with van der Waals surface area (Å²) in [6.45, 7) is 4.39. The molecule has 0 amide bonds. The van der Waals surface area contributed by atoms with E-state index >= 15 is 0 Å². The summed E-state index contributed by atoms with van der Waals surface area (Å²) in [4.78, 5) is 1.09. The maximum Gasteiger partial charge on any atom is 0.101 e. The first-order valence-corrected chi connectivity index (χ1v) is 6.06. The summed E-state index contributed by atoms with van der Waals surface area (Å²) < 4.78 is 1.05. The van der Waals surface area contributed by atoms with Crippen LogP contribution in [-0.4, -0.2) is 5.11 Å². The summed E-state index contributed by atoms with van der Waals surface area (Å²) >= 11 is 5.10. The molecule has 0 unspecified atom stereocenters. The molecule has 0 spiro atoms. The lowest BCUT2D eigenvalue weighted by Gasteiger charge is -2.49. The van der Waals surface area contributed by atoms with Crippen molar-refractivity contribution in [1.29, 1.82) is 0 Å². The molecule has 1 N–H and O–H groups in total. The molecule has 1 nitrogen and oxygen atoms in total. The lowest BCUT2D eigenvalue weighted by molar-refractivity contribution is -0.117. The molecule has 3 heteroatoms. The Bertz CT molecular complexity index is 321. The van der Waals surface area contributed by atoms with Gasteiger partial charge in [-0.2, -0.15) is 0 Å². The van der Waals surface area contributed by atoms with Crippen molar-refractivity contribution in [3.8, 4) is 0 Å². The number of hydrogen-bond acceptors (Lipinski definition) is 2. The predicted molar refractivity (Wildman–Crippen MR) is 58.9 cm³/mol. The van der Waals surface area contributed by atoms with Gasteiger partial charge in [0.2, 0.25) is 0 Å². The largest absolute Gasteiger partial charge is 0.384 e. The Morgan fingerprint density at radius 1 is 1.46 bits per heavy atom. The van der Waals surface area contributed by atoms with Crippen LogP contribution >= 0.6 is 27.3 Å². The van der Waals surface area contributed by atoms with Crippen LogP contribution in [0.3, 0.4) is 0 Å². The Kier molecular flexibility index (Phi) is 2.10. The Balaban J connectivity index is 2.25. The standard InChI is InChI=1S/C10H13BrOS/c1-9(2)5-10(12,6-9)8-7(11)3-4-13-8/h3-4,12H,5-6H2,1-2H3. The zero-order valence-electron chi connectivity index (χ0n) is 7.80. The lowest BCUT2D eigenvalue weighted by atomic mass is 9.61. The van der Waals surface area contributed by atoms with E-state index in [-0.39, 0.29) is 0 Å². The number of halogens is 1. The van der Waals surface area contributed by atoms with Gasteiger partial charge in [-0.05, 0) is 45.6 Å². The van der Waals surface area contributed by atoms with Crippen LogP contribution in [0.15, 0.2) is 15.9 Å². The quantitative estimate of drug-likeness (QED) is 0.820. The molecule has 0 atom stereocenters. The highest BCUT2D eigenvalue weighted by atomic mass is 79.9. The van der Waals surface area contributed by atoms with Gasteiger partial charge in [0, 0.05) is 4.47 Å². The third-order valence-electron chi connectivity index (χ3n) is 2.58. The Morgan fingerprint density at radius 2 is 2.08 bits per heavy atom. The summed E-state index contributed by atoms with van der Waals surface area (Å²) in [6, 6.07) is 2.00. The van der Waals surface area contributed by atoms with Crippen LogP contribution in [0, 0.1) is 5.41 Å². The van der Waals surface area contributed by atoms with Crippen LogP contribution < -0.4 is 0 Å². The topological polar surface area (TPSA) is 20.2 Å². The molecule has 1 aromatic rings. The van der Waals surface area contributed by atoms with E-state index in [1.165, 1.54) is 0 Å². The van der Waals surface area contributed by atoms with Crippen molar-refractivity contribution in [2.24, 2.45) is 5.41 Å². The monoisotopic (exact) mass is 260 g/mol. The Labute approximate surface area is 90.9 Å². The molecular weight excluding hydrogens is 248 g/mol. The van der Waals surface area contributed by atoms with Crippen LogP contribution in [0.2, 0.25) is 0 Å². The van der Waals surface area contributed by atoms with Crippen molar-refractivity contribution in [1.82, 2.24) is 0 Å². The van der Waals surface area contributed by atoms with Gasteiger partial charge in [-0.1, -0.05) is 13.8 Å². The molecule has 0 radical (unpaired) electrons. The minimum Gasteiger partial charge on any atom is -0.384 e. The molecule has 1 fully saturated rings. The van der Waals surface area contributed by atoms with Gasteiger partial charge in [0.25, 0.3) is 0 Å². The minimum absolute atomic E-state index is 0.304. The predicted octanol–water partition coefficient (Wildman–Crippen LogP) is 3.52. The molecule has 1 aliphatic carbocycles. The number of thiophene rings is 1. The normalized spacial score (nSPS) is 24.0. The van der Waals surface area contributed by atoms with Gasteiger partial charge in [0.05, 0.1) is 4.88 Å². The molecule has 0 aromatic carbocycles. The van der Waals surface area contributed by atoms with Crippen molar-refractivity contribution >= 4 is 27.3 Å². The molecule has 0 aliphatic heterocycles. The Morgan fingerprint density at radius 3 is 2.46 bits per heavy atom. The van der Waals surface area contributed by atoms with Crippen LogP contribution in [0.5, 0.6) is 0 Å². The molecule has 1 saturated carbocycles. The minimum atomic E-state index is -0.559. The van der Waals surface area contributed by atoms with E-state index < -0.39 is 5.60 Å². The highest BCUT2D eigenvalue weighted by Crippen LogP contribution is 2.56. The molecule has 72 valence electrons. The third kappa shape index (κ3) is 1.58. The number of aliphatic hydroxyl groups is 1. The number of rotatable bonds is 1. The highest BCUT2D eigenvalue weighted by Gasteiger charge is 2.50. The summed E-state index contributed by atoms with van der Waals surface area (Å²) in [7, 11) is 0. The van der Waals surface area contributed by atoms with Gasteiger partial charge in [0.1, 0.15) is 5.60 Å². The van der Waals surface area contributed by atoms with Crippen LogP contribution in [0.4, 0.5) is 0 Å². The van der Waals surface area contributed by atoms with Gasteiger partial charge in [0.15, 0.2) is 0 Å². The van der Waals surface area contributed by atoms with Crippen molar-refractivity contribution < 1.29 is 5.11 Å². The van der Waals surface area contributed by atoms with Crippen molar-refractivity contribution in [2.75, 3.05) is 0 Å². The van der Waals surface area contributed by atoms with Gasteiger partial charge in [-0.3, -0.25) is 0 Å². The van der Waals surface area contributed by atoms with E-state index in [1.54, 1.807) is 11.3 Å². The van der Waals surface area contributed by atoms with E-state index in [4.69, 9.17) is 0 Å².